The summed E-state index contributed by atoms with van der Waals surface area (Å²) in [6.45, 7) is 4.02. The highest BCUT2D eigenvalue weighted by Gasteiger charge is 2.38. The van der Waals surface area contributed by atoms with Crippen LogP contribution in [0.2, 0.25) is 5.02 Å². The third kappa shape index (κ3) is 7.33. The van der Waals surface area contributed by atoms with Gasteiger partial charge >= 0.3 is 0 Å². The van der Waals surface area contributed by atoms with Gasteiger partial charge in [0, 0.05) is 60.6 Å². The van der Waals surface area contributed by atoms with Crippen molar-refractivity contribution >= 4 is 33.2 Å². The quantitative estimate of drug-likeness (QED) is 0.289. The maximum Gasteiger partial charge on any atom is 0.243 e. The second kappa shape index (κ2) is 14.5. The SMILES string of the molecule is C[C@@H]1CNC[C@H](CCc2c(F)cccc2NC(=O)[C@@H](N)C(c2ccc(Cl)cc2)C2CCOCC2)N1S(=O)(=O)c1ccccc1. The molecule has 2 aliphatic rings. The van der Waals surface area contributed by atoms with E-state index in [4.69, 9.17) is 22.1 Å². The van der Waals surface area contributed by atoms with Crippen molar-refractivity contribution in [2.45, 2.75) is 61.5 Å². The molecule has 2 fully saturated rings. The van der Waals surface area contributed by atoms with Gasteiger partial charge in [-0.15, -0.1) is 0 Å². The molecule has 5 rings (SSSR count). The summed E-state index contributed by atoms with van der Waals surface area (Å²) < 4.78 is 49.7. The number of ether oxygens (including phenoxy) is 1. The summed E-state index contributed by atoms with van der Waals surface area (Å²) in [5.74, 6) is -1.02. The Kier molecular flexibility index (Phi) is 10.7. The number of nitrogens with zero attached hydrogens (tertiary/aromatic N) is 1. The van der Waals surface area contributed by atoms with Gasteiger partial charge in [-0.05, 0) is 80.5 Å². The summed E-state index contributed by atoms with van der Waals surface area (Å²) in [7, 11) is -3.77. The van der Waals surface area contributed by atoms with Crippen LogP contribution in [0, 0.1) is 11.7 Å². The van der Waals surface area contributed by atoms with Crippen molar-refractivity contribution in [1.29, 1.82) is 0 Å². The van der Waals surface area contributed by atoms with E-state index in [2.05, 4.69) is 10.6 Å². The first-order chi connectivity index (χ1) is 21.2. The Hall–Kier alpha value is -2.86. The van der Waals surface area contributed by atoms with Crippen LogP contribution in [0.1, 0.15) is 43.2 Å². The van der Waals surface area contributed by atoms with Gasteiger partial charge in [0.2, 0.25) is 15.9 Å². The summed E-state index contributed by atoms with van der Waals surface area (Å²) in [5, 5.41) is 6.81. The van der Waals surface area contributed by atoms with E-state index in [9.17, 15) is 13.2 Å². The Morgan fingerprint density at radius 1 is 1.07 bits per heavy atom. The number of rotatable bonds is 10. The van der Waals surface area contributed by atoms with Crippen molar-refractivity contribution in [3.05, 3.63) is 94.8 Å². The fourth-order valence-corrected chi connectivity index (χ4v) is 8.52. The van der Waals surface area contributed by atoms with E-state index in [0.717, 1.165) is 18.4 Å². The van der Waals surface area contributed by atoms with Gasteiger partial charge in [0.1, 0.15) is 5.82 Å². The highest BCUT2D eigenvalue weighted by molar-refractivity contribution is 7.89. The molecule has 236 valence electrons. The fourth-order valence-electron chi connectivity index (χ4n) is 6.53. The molecule has 2 saturated heterocycles. The van der Waals surface area contributed by atoms with E-state index < -0.39 is 33.8 Å². The molecular formula is C33H40ClFN4O4S. The first-order valence-electron chi connectivity index (χ1n) is 15.1. The van der Waals surface area contributed by atoms with Gasteiger partial charge in [0.25, 0.3) is 0 Å². The highest BCUT2D eigenvalue weighted by Crippen LogP contribution is 2.36. The maximum absolute atomic E-state index is 15.3. The number of carbonyl (C=O) groups excluding carboxylic acids is 1. The number of amides is 1. The number of piperazine rings is 1. The van der Waals surface area contributed by atoms with Gasteiger partial charge in [-0.2, -0.15) is 4.31 Å². The number of nitrogens with one attached hydrogen (secondary N) is 2. The molecule has 3 aromatic rings. The van der Waals surface area contributed by atoms with E-state index in [-0.39, 0.29) is 29.2 Å². The number of hydrogen-bond acceptors (Lipinski definition) is 6. The minimum Gasteiger partial charge on any atom is -0.381 e. The van der Waals surface area contributed by atoms with Gasteiger partial charge in [0.15, 0.2) is 0 Å². The molecule has 2 heterocycles. The molecule has 4 atom stereocenters. The molecular weight excluding hydrogens is 603 g/mol. The number of carbonyl (C=O) groups is 1. The lowest BCUT2D eigenvalue weighted by Gasteiger charge is -2.40. The Morgan fingerprint density at radius 2 is 1.77 bits per heavy atom. The highest BCUT2D eigenvalue weighted by atomic mass is 35.5. The molecule has 0 spiro atoms. The van der Waals surface area contributed by atoms with Crippen LogP contribution in [0.4, 0.5) is 10.1 Å². The second-order valence-corrected chi connectivity index (χ2v) is 13.9. The lowest BCUT2D eigenvalue weighted by molar-refractivity contribution is -0.118. The minimum atomic E-state index is -3.77. The number of sulfonamides is 1. The predicted molar refractivity (Wildman–Crippen MR) is 171 cm³/mol. The summed E-state index contributed by atoms with van der Waals surface area (Å²) in [5.41, 5.74) is 8.24. The van der Waals surface area contributed by atoms with Gasteiger partial charge < -0.3 is 21.1 Å². The topological polar surface area (TPSA) is 114 Å². The molecule has 3 aromatic carbocycles. The predicted octanol–water partition coefficient (Wildman–Crippen LogP) is 4.94. The Labute approximate surface area is 264 Å². The standard InChI is InChI=1S/C33H40ClFN4O4S/c1-22-20-37-21-26(39(22)44(41,42)27-6-3-2-4-7-27)14-15-28-29(35)8-5-9-30(28)38-33(40)32(36)31(24-16-18-43-19-17-24)23-10-12-25(34)13-11-23/h2-13,22,24,26,31-32,37H,14-21,36H2,1H3,(H,38,40)/t22-,26+,31?,32+/m1/s1. The molecule has 0 saturated carbocycles. The molecule has 1 amide bonds. The van der Waals surface area contributed by atoms with Crippen LogP contribution < -0.4 is 16.4 Å². The van der Waals surface area contributed by atoms with E-state index >= 15 is 4.39 Å². The van der Waals surface area contributed by atoms with E-state index in [1.165, 1.54) is 6.07 Å². The van der Waals surface area contributed by atoms with Crippen molar-refractivity contribution in [3.63, 3.8) is 0 Å². The molecule has 0 aromatic heterocycles. The second-order valence-electron chi connectivity index (χ2n) is 11.7. The Balaban J connectivity index is 1.35. The third-order valence-electron chi connectivity index (χ3n) is 8.76. The van der Waals surface area contributed by atoms with Crippen molar-refractivity contribution in [3.8, 4) is 0 Å². The van der Waals surface area contributed by atoms with Gasteiger partial charge in [0.05, 0.1) is 10.9 Å². The third-order valence-corrected chi connectivity index (χ3v) is 11.1. The molecule has 4 N–H and O–H groups in total. The van der Waals surface area contributed by atoms with Crippen LogP contribution in [-0.2, 0) is 26.0 Å². The van der Waals surface area contributed by atoms with Crippen LogP contribution in [0.25, 0.3) is 0 Å². The van der Waals surface area contributed by atoms with Crippen molar-refractivity contribution in [1.82, 2.24) is 9.62 Å². The first kappa shape index (κ1) is 32.5. The summed E-state index contributed by atoms with van der Waals surface area (Å²) >= 11 is 6.14. The largest absolute Gasteiger partial charge is 0.381 e. The molecule has 44 heavy (non-hydrogen) atoms. The molecule has 0 aliphatic carbocycles. The zero-order valence-electron chi connectivity index (χ0n) is 24.8. The fraction of sp³-hybridized carbons (Fsp3) is 0.424. The first-order valence-corrected chi connectivity index (χ1v) is 16.9. The molecule has 2 aliphatic heterocycles. The van der Waals surface area contributed by atoms with Crippen LogP contribution in [0.3, 0.4) is 0 Å². The van der Waals surface area contributed by atoms with Crippen molar-refractivity contribution < 1.29 is 22.3 Å². The minimum absolute atomic E-state index is 0.135. The lowest BCUT2D eigenvalue weighted by Crippen LogP contribution is -2.58. The van der Waals surface area contributed by atoms with Crippen LogP contribution in [0.15, 0.2) is 77.7 Å². The van der Waals surface area contributed by atoms with Crippen LogP contribution >= 0.6 is 11.6 Å². The average Bonchev–Trinajstić information content (AvgIpc) is 3.02. The van der Waals surface area contributed by atoms with Gasteiger partial charge in [-0.3, -0.25) is 4.79 Å². The van der Waals surface area contributed by atoms with Crippen molar-refractivity contribution in [2.75, 3.05) is 31.6 Å². The number of hydrogen-bond donors (Lipinski definition) is 3. The van der Waals surface area contributed by atoms with Gasteiger partial charge in [-0.1, -0.05) is 48.0 Å². The molecule has 0 radical (unpaired) electrons. The summed E-state index contributed by atoms with van der Waals surface area (Å²) in [4.78, 5) is 13.9. The number of anilines is 1. The molecule has 0 bridgehead atoms. The molecule has 1 unspecified atom stereocenters. The lowest BCUT2D eigenvalue weighted by atomic mass is 9.76. The molecule has 11 heteroatoms. The Morgan fingerprint density at radius 3 is 2.48 bits per heavy atom. The van der Waals surface area contributed by atoms with E-state index in [1.54, 1.807) is 58.9 Å². The summed E-state index contributed by atoms with van der Waals surface area (Å²) in [6.07, 6.45) is 2.12. The van der Waals surface area contributed by atoms with Crippen molar-refractivity contribution in [2.24, 2.45) is 11.7 Å². The zero-order valence-corrected chi connectivity index (χ0v) is 26.4. The molecule has 8 nitrogen and oxygen atoms in total. The van der Waals surface area contributed by atoms with Crippen LogP contribution in [0.5, 0.6) is 0 Å². The summed E-state index contributed by atoms with van der Waals surface area (Å²) in [6, 6.07) is 18.7. The van der Waals surface area contributed by atoms with Gasteiger partial charge in [-0.25, -0.2) is 12.8 Å². The normalized spacial score (nSPS) is 21.5. The average molecular weight is 643 g/mol. The number of halogens is 2. The zero-order chi connectivity index (χ0) is 31.3. The van der Waals surface area contributed by atoms with E-state index in [0.29, 0.717) is 49.0 Å². The van der Waals surface area contributed by atoms with E-state index in [1.807, 2.05) is 19.1 Å². The van der Waals surface area contributed by atoms with Crippen LogP contribution in [-0.4, -0.2) is 63.1 Å². The Bertz CT molecular complexity index is 1520. The number of nitrogens with two attached hydrogens (primary N) is 1. The monoisotopic (exact) mass is 642 g/mol. The maximum atomic E-state index is 15.3. The number of benzene rings is 3. The smallest absolute Gasteiger partial charge is 0.243 e.